The van der Waals surface area contributed by atoms with Crippen LogP contribution in [-0.4, -0.2) is 25.6 Å². The number of nitrogens with one attached hydrogen (secondary N) is 1. The standard InChI is InChI=1S/C13H18F3NO/c1-9(2)17-7-12(18-8-13(15)16)10-5-3-4-6-11(10)14/h3-6,9,12-13,17H,7-8H2,1-2H3. The minimum absolute atomic E-state index is 0.175. The van der Waals surface area contributed by atoms with Gasteiger partial charge in [-0.15, -0.1) is 0 Å². The van der Waals surface area contributed by atoms with Gasteiger partial charge in [-0.3, -0.25) is 0 Å². The van der Waals surface area contributed by atoms with Crippen LogP contribution in [0.4, 0.5) is 13.2 Å². The zero-order valence-electron chi connectivity index (χ0n) is 10.5. The van der Waals surface area contributed by atoms with Gasteiger partial charge >= 0.3 is 0 Å². The van der Waals surface area contributed by atoms with E-state index in [0.717, 1.165) is 0 Å². The number of rotatable bonds is 7. The second kappa shape index (κ2) is 7.38. The Balaban J connectivity index is 2.73. The molecule has 0 saturated heterocycles. The molecular weight excluding hydrogens is 243 g/mol. The van der Waals surface area contributed by atoms with Gasteiger partial charge in [0.05, 0.1) is 6.10 Å². The van der Waals surface area contributed by atoms with Gasteiger partial charge in [0.2, 0.25) is 0 Å². The predicted molar refractivity (Wildman–Crippen MR) is 64.2 cm³/mol. The number of alkyl halides is 2. The van der Waals surface area contributed by atoms with E-state index in [4.69, 9.17) is 4.74 Å². The van der Waals surface area contributed by atoms with Crippen LogP contribution in [0.2, 0.25) is 0 Å². The van der Waals surface area contributed by atoms with Gasteiger partial charge in [-0.25, -0.2) is 13.2 Å². The molecule has 1 aromatic carbocycles. The lowest BCUT2D eigenvalue weighted by atomic mass is 10.1. The molecule has 0 saturated carbocycles. The Morgan fingerprint density at radius 1 is 1.22 bits per heavy atom. The highest BCUT2D eigenvalue weighted by Crippen LogP contribution is 2.20. The average Bonchev–Trinajstić information content (AvgIpc) is 2.30. The first-order valence-corrected chi connectivity index (χ1v) is 5.88. The maximum atomic E-state index is 13.6. The summed E-state index contributed by atoms with van der Waals surface area (Å²) in [5, 5.41) is 3.06. The van der Waals surface area contributed by atoms with Crippen molar-refractivity contribution in [3.63, 3.8) is 0 Å². The first kappa shape index (κ1) is 15.0. The minimum Gasteiger partial charge on any atom is -0.366 e. The molecule has 0 aliphatic carbocycles. The first-order chi connectivity index (χ1) is 8.50. The first-order valence-electron chi connectivity index (χ1n) is 5.88. The van der Waals surface area contributed by atoms with Crippen molar-refractivity contribution in [2.24, 2.45) is 0 Å². The molecule has 102 valence electrons. The minimum atomic E-state index is -2.56. The van der Waals surface area contributed by atoms with E-state index in [-0.39, 0.29) is 6.04 Å². The average molecular weight is 261 g/mol. The van der Waals surface area contributed by atoms with E-state index >= 15 is 0 Å². The highest BCUT2D eigenvalue weighted by atomic mass is 19.3. The van der Waals surface area contributed by atoms with Crippen molar-refractivity contribution in [2.45, 2.75) is 32.4 Å². The van der Waals surface area contributed by atoms with Crippen LogP contribution in [0.25, 0.3) is 0 Å². The molecule has 0 aliphatic heterocycles. The Labute approximate surface area is 105 Å². The Hall–Kier alpha value is -1.07. The molecule has 1 N–H and O–H groups in total. The fraction of sp³-hybridized carbons (Fsp3) is 0.538. The van der Waals surface area contributed by atoms with E-state index in [1.807, 2.05) is 13.8 Å². The molecule has 0 amide bonds. The van der Waals surface area contributed by atoms with Gasteiger partial charge in [0.15, 0.2) is 0 Å². The summed E-state index contributed by atoms with van der Waals surface area (Å²) in [7, 11) is 0. The van der Waals surface area contributed by atoms with Crippen LogP contribution in [0.15, 0.2) is 24.3 Å². The van der Waals surface area contributed by atoms with Crippen LogP contribution in [0.3, 0.4) is 0 Å². The normalized spacial score (nSPS) is 13.3. The molecular formula is C13H18F3NO. The summed E-state index contributed by atoms with van der Waals surface area (Å²) in [5.41, 5.74) is 0.298. The Morgan fingerprint density at radius 2 is 1.89 bits per heavy atom. The molecule has 2 nitrogen and oxygen atoms in total. The topological polar surface area (TPSA) is 21.3 Å². The molecule has 1 atom stereocenters. The third-order valence-electron chi connectivity index (χ3n) is 2.39. The molecule has 0 aromatic heterocycles. The van der Waals surface area contributed by atoms with Crippen LogP contribution < -0.4 is 5.32 Å². The van der Waals surface area contributed by atoms with E-state index < -0.39 is 25.0 Å². The maximum Gasteiger partial charge on any atom is 0.261 e. The summed E-state index contributed by atoms with van der Waals surface area (Å²) in [6.45, 7) is 3.45. The van der Waals surface area contributed by atoms with Gasteiger partial charge < -0.3 is 10.1 Å². The van der Waals surface area contributed by atoms with E-state index in [9.17, 15) is 13.2 Å². The predicted octanol–water partition coefficient (Wildman–Crippen LogP) is 3.15. The molecule has 0 fully saturated rings. The van der Waals surface area contributed by atoms with Crippen molar-refractivity contribution in [2.75, 3.05) is 13.2 Å². The van der Waals surface area contributed by atoms with Crippen LogP contribution in [0, 0.1) is 5.82 Å². The monoisotopic (exact) mass is 261 g/mol. The van der Waals surface area contributed by atoms with Gasteiger partial charge in [0.25, 0.3) is 6.43 Å². The SMILES string of the molecule is CC(C)NCC(OCC(F)F)c1ccccc1F. The van der Waals surface area contributed by atoms with Crippen molar-refractivity contribution >= 4 is 0 Å². The lowest BCUT2D eigenvalue weighted by Gasteiger charge is -2.20. The fourth-order valence-electron chi connectivity index (χ4n) is 1.53. The van der Waals surface area contributed by atoms with Crippen molar-refractivity contribution in [1.29, 1.82) is 0 Å². The third kappa shape index (κ3) is 5.06. The maximum absolute atomic E-state index is 13.6. The quantitative estimate of drug-likeness (QED) is 0.814. The van der Waals surface area contributed by atoms with Crippen LogP contribution >= 0.6 is 0 Å². The molecule has 0 radical (unpaired) electrons. The molecule has 0 spiro atoms. The van der Waals surface area contributed by atoms with Crippen LogP contribution in [0.1, 0.15) is 25.5 Å². The lowest BCUT2D eigenvalue weighted by Crippen LogP contribution is -2.30. The van der Waals surface area contributed by atoms with Gasteiger partial charge in [-0.2, -0.15) is 0 Å². The van der Waals surface area contributed by atoms with Crippen LogP contribution in [-0.2, 0) is 4.74 Å². The molecule has 5 heteroatoms. The highest BCUT2D eigenvalue weighted by molar-refractivity contribution is 5.20. The number of ether oxygens (including phenoxy) is 1. The molecule has 0 bridgehead atoms. The summed E-state index contributed by atoms with van der Waals surface area (Å²) >= 11 is 0. The Kier molecular flexibility index (Phi) is 6.15. The molecule has 1 rings (SSSR count). The summed E-state index contributed by atoms with van der Waals surface area (Å²) < 4.78 is 43.0. The molecule has 0 heterocycles. The van der Waals surface area contributed by atoms with Crippen molar-refractivity contribution in [3.8, 4) is 0 Å². The van der Waals surface area contributed by atoms with E-state index in [0.29, 0.717) is 12.1 Å². The van der Waals surface area contributed by atoms with E-state index in [2.05, 4.69) is 5.32 Å². The third-order valence-corrected chi connectivity index (χ3v) is 2.39. The van der Waals surface area contributed by atoms with Gasteiger partial charge in [0.1, 0.15) is 12.4 Å². The second-order valence-corrected chi connectivity index (χ2v) is 4.30. The number of halogens is 3. The molecule has 18 heavy (non-hydrogen) atoms. The zero-order chi connectivity index (χ0) is 13.5. The summed E-state index contributed by atoms with van der Waals surface area (Å²) in [4.78, 5) is 0. The zero-order valence-corrected chi connectivity index (χ0v) is 10.5. The summed E-state index contributed by atoms with van der Waals surface area (Å²) in [5.74, 6) is -0.442. The number of hydrogen-bond acceptors (Lipinski definition) is 2. The van der Waals surface area contributed by atoms with E-state index in [1.165, 1.54) is 6.07 Å². The molecule has 1 aromatic rings. The largest absolute Gasteiger partial charge is 0.366 e. The van der Waals surface area contributed by atoms with E-state index in [1.54, 1.807) is 18.2 Å². The second-order valence-electron chi connectivity index (χ2n) is 4.30. The number of hydrogen-bond donors (Lipinski definition) is 1. The van der Waals surface area contributed by atoms with Gasteiger partial charge in [-0.1, -0.05) is 32.0 Å². The highest BCUT2D eigenvalue weighted by Gasteiger charge is 2.18. The van der Waals surface area contributed by atoms with Gasteiger partial charge in [-0.05, 0) is 6.07 Å². The van der Waals surface area contributed by atoms with Crippen molar-refractivity contribution in [1.82, 2.24) is 5.32 Å². The lowest BCUT2D eigenvalue weighted by molar-refractivity contribution is -0.0263. The van der Waals surface area contributed by atoms with Crippen molar-refractivity contribution < 1.29 is 17.9 Å². The smallest absolute Gasteiger partial charge is 0.261 e. The summed E-state index contributed by atoms with van der Waals surface area (Å²) in [6, 6.07) is 6.23. The van der Waals surface area contributed by atoms with Gasteiger partial charge in [0, 0.05) is 18.2 Å². The molecule has 0 aliphatic rings. The fourth-order valence-corrected chi connectivity index (χ4v) is 1.53. The molecule has 1 unspecified atom stereocenters. The summed E-state index contributed by atoms with van der Waals surface area (Å²) in [6.07, 6.45) is -3.26. The Bertz CT molecular complexity index is 346. The number of benzene rings is 1. The Morgan fingerprint density at radius 3 is 2.44 bits per heavy atom. The van der Waals surface area contributed by atoms with Crippen molar-refractivity contribution in [3.05, 3.63) is 35.6 Å². The van der Waals surface area contributed by atoms with Crippen LogP contribution in [0.5, 0.6) is 0 Å².